The molecule has 4 rings (SSSR count). The van der Waals surface area contributed by atoms with Crippen molar-refractivity contribution in [2.45, 2.75) is 78.4 Å². The fourth-order valence-corrected chi connectivity index (χ4v) is 5.61. The number of hydrogen-bond donors (Lipinski definition) is 1. The number of hydrogen-bond acceptors (Lipinski definition) is 3. The second-order valence-electron chi connectivity index (χ2n) is 9.58. The number of benzene rings is 2. The minimum absolute atomic E-state index is 0.469. The number of piperazine rings is 1. The number of nitrogens with one attached hydrogen (secondary N) is 1. The van der Waals surface area contributed by atoms with Crippen LogP contribution in [0.3, 0.4) is 0 Å². The maximum atomic E-state index is 3.27. The Kier molecular flexibility index (Phi) is 9.17. The topological polar surface area (TPSA) is 18.5 Å². The maximum absolute atomic E-state index is 3.27. The molecule has 2 aromatic carbocycles. The van der Waals surface area contributed by atoms with E-state index in [-0.39, 0.29) is 0 Å². The first kappa shape index (κ1) is 25.5. The van der Waals surface area contributed by atoms with Crippen molar-refractivity contribution in [3.05, 3.63) is 76.9 Å². The van der Waals surface area contributed by atoms with Gasteiger partial charge in [-0.3, -0.25) is 9.80 Å². The molecule has 0 bridgehead atoms. The van der Waals surface area contributed by atoms with Gasteiger partial charge in [-0.05, 0) is 85.0 Å². The van der Waals surface area contributed by atoms with Gasteiger partial charge < -0.3 is 5.32 Å². The predicted octanol–water partition coefficient (Wildman–Crippen LogP) is 6.68. The van der Waals surface area contributed by atoms with Crippen molar-refractivity contribution in [2.75, 3.05) is 32.0 Å². The van der Waals surface area contributed by atoms with Gasteiger partial charge in [0.15, 0.2) is 0 Å². The van der Waals surface area contributed by atoms with E-state index in [1.54, 1.807) is 16.7 Å². The van der Waals surface area contributed by atoms with Crippen LogP contribution >= 0.6 is 0 Å². The van der Waals surface area contributed by atoms with E-state index in [1.807, 2.05) is 7.05 Å². The number of rotatable bonds is 7. The Morgan fingerprint density at radius 1 is 0.970 bits per heavy atom. The highest BCUT2D eigenvalue weighted by Gasteiger charge is 2.34. The first-order chi connectivity index (χ1) is 16.0. The highest BCUT2D eigenvalue weighted by molar-refractivity contribution is 5.46. The molecule has 1 unspecified atom stereocenters. The van der Waals surface area contributed by atoms with Crippen LogP contribution in [0.25, 0.3) is 0 Å². The third-order valence-electron chi connectivity index (χ3n) is 7.98. The summed E-state index contributed by atoms with van der Waals surface area (Å²) in [7, 11) is 2.00. The molecular weight excluding hydrogens is 402 g/mol. The van der Waals surface area contributed by atoms with E-state index >= 15 is 0 Å². The van der Waals surface area contributed by atoms with Crippen molar-refractivity contribution < 1.29 is 0 Å². The lowest BCUT2D eigenvalue weighted by Gasteiger charge is -2.47. The molecule has 0 aromatic heterocycles. The molecule has 1 aliphatic carbocycles. The van der Waals surface area contributed by atoms with Gasteiger partial charge in [-0.2, -0.15) is 0 Å². The Hall–Kier alpha value is -2.10. The minimum atomic E-state index is 0.469. The van der Waals surface area contributed by atoms with Crippen LogP contribution in [-0.2, 0) is 19.4 Å². The molecule has 1 heterocycles. The lowest BCUT2D eigenvalue weighted by Crippen LogP contribution is -2.53. The highest BCUT2D eigenvalue weighted by atomic mass is 15.3. The average molecular weight is 448 g/mol. The molecule has 180 valence electrons. The quantitative estimate of drug-likeness (QED) is 0.477. The molecule has 2 fully saturated rings. The van der Waals surface area contributed by atoms with E-state index < -0.39 is 0 Å². The van der Waals surface area contributed by atoms with E-state index in [0.717, 1.165) is 38.5 Å². The van der Waals surface area contributed by atoms with E-state index in [4.69, 9.17) is 0 Å². The molecule has 0 radical (unpaired) electrons. The molecule has 1 saturated heterocycles. The minimum Gasteiger partial charge on any atom is -0.388 e. The number of aryl methyl sites for hydroxylation is 2. The monoisotopic (exact) mass is 447 g/mol. The summed E-state index contributed by atoms with van der Waals surface area (Å²) in [5.74, 6) is 0. The molecule has 2 aromatic rings. The highest BCUT2D eigenvalue weighted by Crippen LogP contribution is 2.35. The maximum Gasteiger partial charge on any atom is 0.0479 e. The van der Waals surface area contributed by atoms with Crippen LogP contribution in [0.15, 0.2) is 43.5 Å². The molecule has 33 heavy (non-hydrogen) atoms. The normalized spacial score (nSPS) is 19.5. The Morgan fingerprint density at radius 2 is 1.67 bits per heavy atom. The Balaban J connectivity index is 0.00000149. The van der Waals surface area contributed by atoms with Crippen molar-refractivity contribution >= 4 is 5.69 Å². The zero-order valence-electron chi connectivity index (χ0n) is 21.7. The molecule has 2 aliphatic rings. The molecular formula is C30H45N3. The summed E-state index contributed by atoms with van der Waals surface area (Å²) in [5.41, 5.74) is 10.3. The first-order valence-corrected chi connectivity index (χ1v) is 12.9. The summed E-state index contributed by atoms with van der Waals surface area (Å²) in [5, 5.41) is 3.27. The fraction of sp³-hybridized carbons (Fsp3) is 0.533. The zero-order valence-corrected chi connectivity index (χ0v) is 21.7. The largest absolute Gasteiger partial charge is 0.388 e. The average Bonchev–Trinajstić information content (AvgIpc) is 2.82. The molecule has 1 saturated carbocycles. The molecule has 1 atom stereocenters. The number of anilines is 1. The Morgan fingerprint density at radius 3 is 2.21 bits per heavy atom. The zero-order chi connectivity index (χ0) is 24.0. The van der Waals surface area contributed by atoms with Crippen molar-refractivity contribution in [1.82, 2.24) is 9.80 Å². The summed E-state index contributed by atoms with van der Waals surface area (Å²) in [6, 6.07) is 12.9. The standard InChI is InChI=1S/C28H41N3.C2H4/c1-6-22-17-20(3)21(4)26(7-2)27(22)18-31-16-15-30(25-9-8-10-25)19-28(31)23-11-13-24(29-5)14-12-23;1-2/h11-14,17,25,28-29H,6-10,15-16,18-19H2,1-5H3;1-2H2. The van der Waals surface area contributed by atoms with Crippen LogP contribution in [0.2, 0.25) is 0 Å². The summed E-state index contributed by atoms with van der Waals surface area (Å²) < 4.78 is 0. The van der Waals surface area contributed by atoms with E-state index in [9.17, 15) is 0 Å². The van der Waals surface area contributed by atoms with Gasteiger partial charge >= 0.3 is 0 Å². The van der Waals surface area contributed by atoms with Gasteiger partial charge in [-0.15, -0.1) is 13.2 Å². The molecule has 3 nitrogen and oxygen atoms in total. The molecule has 1 N–H and O–H groups in total. The van der Waals surface area contributed by atoms with Crippen LogP contribution in [0.1, 0.15) is 72.5 Å². The van der Waals surface area contributed by atoms with Gasteiger partial charge in [-0.1, -0.05) is 38.5 Å². The summed E-state index contributed by atoms with van der Waals surface area (Å²) in [6.45, 7) is 19.8. The van der Waals surface area contributed by atoms with Gasteiger partial charge in [0.1, 0.15) is 0 Å². The SMILES string of the molecule is C=C.CCc1cc(C)c(C)c(CC)c1CN1CCN(C2CCC2)CC1c1ccc(NC)cc1. The van der Waals surface area contributed by atoms with E-state index in [2.05, 4.69) is 86.3 Å². The lowest BCUT2D eigenvalue weighted by molar-refractivity contribution is 0.0186. The summed E-state index contributed by atoms with van der Waals surface area (Å²) in [4.78, 5) is 5.55. The first-order valence-electron chi connectivity index (χ1n) is 12.9. The Labute approximate surface area is 202 Å². The number of nitrogens with zero attached hydrogens (tertiary/aromatic N) is 2. The van der Waals surface area contributed by atoms with Crippen molar-refractivity contribution in [2.24, 2.45) is 0 Å². The molecule has 1 aliphatic heterocycles. The van der Waals surface area contributed by atoms with Crippen LogP contribution in [0.4, 0.5) is 5.69 Å². The smallest absolute Gasteiger partial charge is 0.0479 e. The van der Waals surface area contributed by atoms with Gasteiger partial charge in [0.25, 0.3) is 0 Å². The molecule has 0 spiro atoms. The summed E-state index contributed by atoms with van der Waals surface area (Å²) >= 11 is 0. The molecule has 3 heteroatoms. The van der Waals surface area contributed by atoms with Crippen LogP contribution < -0.4 is 5.32 Å². The lowest BCUT2D eigenvalue weighted by atomic mass is 9.88. The molecule has 0 amide bonds. The summed E-state index contributed by atoms with van der Waals surface area (Å²) in [6.07, 6.45) is 6.44. The van der Waals surface area contributed by atoms with E-state index in [0.29, 0.717) is 6.04 Å². The van der Waals surface area contributed by atoms with Crippen molar-refractivity contribution in [1.29, 1.82) is 0 Å². The fourth-order valence-electron chi connectivity index (χ4n) is 5.61. The van der Waals surface area contributed by atoms with Gasteiger partial charge in [-0.25, -0.2) is 0 Å². The third kappa shape index (κ3) is 5.53. The van der Waals surface area contributed by atoms with Crippen LogP contribution in [0.5, 0.6) is 0 Å². The van der Waals surface area contributed by atoms with Gasteiger partial charge in [0.05, 0.1) is 0 Å². The predicted molar refractivity (Wildman–Crippen MR) is 144 cm³/mol. The third-order valence-corrected chi connectivity index (χ3v) is 7.98. The van der Waals surface area contributed by atoms with Crippen molar-refractivity contribution in [3.63, 3.8) is 0 Å². The van der Waals surface area contributed by atoms with E-state index in [1.165, 1.54) is 48.2 Å². The second-order valence-corrected chi connectivity index (χ2v) is 9.58. The van der Waals surface area contributed by atoms with Crippen LogP contribution in [0, 0.1) is 13.8 Å². The van der Waals surface area contributed by atoms with Gasteiger partial charge in [0, 0.05) is 51.0 Å². The van der Waals surface area contributed by atoms with Crippen LogP contribution in [-0.4, -0.2) is 42.5 Å². The van der Waals surface area contributed by atoms with Gasteiger partial charge in [0.2, 0.25) is 0 Å². The second kappa shape index (κ2) is 11.9. The van der Waals surface area contributed by atoms with Crippen molar-refractivity contribution in [3.8, 4) is 0 Å². The Bertz CT molecular complexity index is 898.